The van der Waals surface area contributed by atoms with E-state index in [0.717, 1.165) is 21.1 Å². The third kappa shape index (κ3) is 4.13. The maximum absolute atomic E-state index is 11.9. The van der Waals surface area contributed by atoms with Gasteiger partial charge in [-0.3, -0.25) is 14.9 Å². The summed E-state index contributed by atoms with van der Waals surface area (Å²) < 4.78 is 0. The molecule has 2 heterocycles. The standard InChI is InChI=1S/C13H10N2O4S2/c16-7-1-2-9-3-4-10(20-9)8-14-13(17)11-5-6-12(21-11)15(18)19/h3-6,16H,7-8H2,(H,14,17). The van der Waals surface area contributed by atoms with Gasteiger partial charge in [0.05, 0.1) is 21.2 Å². The van der Waals surface area contributed by atoms with Crippen molar-refractivity contribution in [3.8, 4) is 11.8 Å². The summed E-state index contributed by atoms with van der Waals surface area (Å²) in [6, 6.07) is 6.39. The Bertz CT molecular complexity index is 724. The molecule has 2 aromatic heterocycles. The fourth-order valence-electron chi connectivity index (χ4n) is 1.47. The molecule has 6 nitrogen and oxygen atoms in total. The van der Waals surface area contributed by atoms with E-state index in [4.69, 9.17) is 5.11 Å². The number of nitro groups is 1. The molecule has 1 amide bonds. The van der Waals surface area contributed by atoms with Crippen molar-refractivity contribution in [2.24, 2.45) is 0 Å². The van der Waals surface area contributed by atoms with Crippen LogP contribution in [0.1, 0.15) is 19.4 Å². The molecule has 21 heavy (non-hydrogen) atoms. The highest BCUT2D eigenvalue weighted by Crippen LogP contribution is 2.24. The number of amides is 1. The average Bonchev–Trinajstić information content (AvgIpc) is 3.11. The molecule has 0 saturated carbocycles. The number of carbonyl (C=O) groups is 1. The molecule has 108 valence electrons. The molecule has 0 aromatic carbocycles. The first-order valence-electron chi connectivity index (χ1n) is 5.81. The van der Waals surface area contributed by atoms with E-state index in [1.54, 1.807) is 0 Å². The van der Waals surface area contributed by atoms with Gasteiger partial charge in [0.1, 0.15) is 6.61 Å². The lowest BCUT2D eigenvalue weighted by Crippen LogP contribution is -2.21. The third-order valence-corrected chi connectivity index (χ3v) is 4.41. The maximum Gasteiger partial charge on any atom is 0.324 e. The van der Waals surface area contributed by atoms with Crippen molar-refractivity contribution in [2.45, 2.75) is 6.54 Å². The zero-order valence-corrected chi connectivity index (χ0v) is 12.3. The van der Waals surface area contributed by atoms with Crippen molar-refractivity contribution in [2.75, 3.05) is 6.61 Å². The predicted molar refractivity (Wildman–Crippen MR) is 80.4 cm³/mol. The third-order valence-electron chi connectivity index (χ3n) is 2.37. The normalized spacial score (nSPS) is 9.76. The van der Waals surface area contributed by atoms with Crippen molar-refractivity contribution in [3.63, 3.8) is 0 Å². The number of carbonyl (C=O) groups excluding carboxylic acids is 1. The van der Waals surface area contributed by atoms with Crippen LogP contribution in [0.3, 0.4) is 0 Å². The molecule has 0 spiro atoms. The van der Waals surface area contributed by atoms with Crippen LogP contribution in [-0.2, 0) is 6.54 Å². The summed E-state index contributed by atoms with van der Waals surface area (Å²) in [5, 5.41) is 21.8. The van der Waals surface area contributed by atoms with E-state index < -0.39 is 4.92 Å². The molecule has 0 aliphatic rings. The van der Waals surface area contributed by atoms with Gasteiger partial charge in [-0.15, -0.1) is 11.3 Å². The first kappa shape index (κ1) is 15.2. The Kier molecular flexibility index (Phi) is 5.05. The van der Waals surface area contributed by atoms with Crippen LogP contribution in [0.25, 0.3) is 0 Å². The molecule has 0 aliphatic carbocycles. The average molecular weight is 322 g/mol. The number of rotatable bonds is 4. The van der Waals surface area contributed by atoms with Gasteiger partial charge < -0.3 is 10.4 Å². The fraction of sp³-hybridized carbons (Fsp3) is 0.154. The molecule has 0 radical (unpaired) electrons. The van der Waals surface area contributed by atoms with Gasteiger partial charge in [0.25, 0.3) is 5.91 Å². The van der Waals surface area contributed by atoms with Crippen molar-refractivity contribution >= 4 is 33.6 Å². The molecular formula is C13H10N2O4S2. The molecule has 0 bridgehead atoms. The molecule has 0 unspecified atom stereocenters. The van der Waals surface area contributed by atoms with E-state index in [2.05, 4.69) is 17.2 Å². The second kappa shape index (κ2) is 6.99. The van der Waals surface area contributed by atoms with E-state index >= 15 is 0 Å². The number of hydrogen-bond acceptors (Lipinski definition) is 6. The largest absolute Gasteiger partial charge is 0.384 e. The van der Waals surface area contributed by atoms with Crippen LogP contribution in [0.4, 0.5) is 5.00 Å². The highest BCUT2D eigenvalue weighted by atomic mass is 32.1. The number of nitrogens with zero attached hydrogens (tertiary/aromatic N) is 1. The van der Waals surface area contributed by atoms with Crippen LogP contribution in [0.2, 0.25) is 0 Å². The number of hydrogen-bond donors (Lipinski definition) is 2. The minimum absolute atomic E-state index is 0.0576. The number of aliphatic hydroxyl groups excluding tert-OH is 1. The van der Waals surface area contributed by atoms with Crippen LogP contribution in [0, 0.1) is 22.0 Å². The van der Waals surface area contributed by atoms with Crippen LogP contribution >= 0.6 is 22.7 Å². The van der Waals surface area contributed by atoms with Gasteiger partial charge >= 0.3 is 5.00 Å². The highest BCUT2D eigenvalue weighted by Gasteiger charge is 2.15. The molecule has 0 saturated heterocycles. The van der Waals surface area contributed by atoms with E-state index in [9.17, 15) is 14.9 Å². The Balaban J connectivity index is 1.94. The van der Waals surface area contributed by atoms with E-state index in [1.807, 2.05) is 12.1 Å². The molecule has 2 aromatic rings. The first-order chi connectivity index (χ1) is 10.1. The second-order valence-corrected chi connectivity index (χ2v) is 6.03. The zero-order chi connectivity index (χ0) is 15.2. The topological polar surface area (TPSA) is 92.5 Å². The van der Waals surface area contributed by atoms with E-state index in [1.165, 1.54) is 23.5 Å². The van der Waals surface area contributed by atoms with E-state index in [-0.39, 0.29) is 17.5 Å². The smallest absolute Gasteiger partial charge is 0.324 e. The van der Waals surface area contributed by atoms with Crippen LogP contribution in [0.5, 0.6) is 0 Å². The highest BCUT2D eigenvalue weighted by molar-refractivity contribution is 7.17. The van der Waals surface area contributed by atoms with Crippen molar-refractivity contribution in [1.29, 1.82) is 0 Å². The van der Waals surface area contributed by atoms with Gasteiger partial charge in [0, 0.05) is 10.9 Å². The lowest BCUT2D eigenvalue weighted by atomic mass is 10.4. The zero-order valence-electron chi connectivity index (χ0n) is 10.7. The molecule has 0 atom stereocenters. The Hall–Kier alpha value is -2.21. The molecule has 0 aliphatic heterocycles. The molecule has 0 fully saturated rings. The lowest BCUT2D eigenvalue weighted by Gasteiger charge is -2.00. The summed E-state index contributed by atoms with van der Waals surface area (Å²) in [4.78, 5) is 23.9. The summed E-state index contributed by atoms with van der Waals surface area (Å²) in [7, 11) is 0. The first-order valence-corrected chi connectivity index (χ1v) is 7.44. The van der Waals surface area contributed by atoms with Gasteiger partial charge in [0.2, 0.25) is 0 Å². The van der Waals surface area contributed by atoms with Crippen molar-refractivity contribution < 1.29 is 14.8 Å². The second-order valence-electron chi connectivity index (χ2n) is 3.80. The number of aliphatic hydroxyl groups is 1. The summed E-state index contributed by atoms with van der Waals surface area (Å²) in [6.07, 6.45) is 0. The minimum atomic E-state index is -0.521. The quantitative estimate of drug-likeness (QED) is 0.511. The monoisotopic (exact) mass is 322 g/mol. The summed E-state index contributed by atoms with van der Waals surface area (Å²) in [6.45, 7) is 0.136. The fourth-order valence-corrected chi connectivity index (χ4v) is 3.03. The van der Waals surface area contributed by atoms with Gasteiger partial charge in [0.15, 0.2) is 0 Å². The van der Waals surface area contributed by atoms with Crippen LogP contribution < -0.4 is 5.32 Å². The van der Waals surface area contributed by atoms with Gasteiger partial charge in [-0.25, -0.2) is 0 Å². The molecule has 2 rings (SSSR count). The Labute approximate surface area is 128 Å². The SMILES string of the molecule is O=C(NCc1ccc(C#CCO)s1)c1ccc([N+](=O)[O-])s1. The number of thiophene rings is 2. The van der Waals surface area contributed by atoms with Gasteiger partial charge in [-0.05, 0) is 18.2 Å². The number of nitrogens with one attached hydrogen (secondary N) is 1. The maximum atomic E-state index is 11.9. The molecule has 2 N–H and O–H groups in total. The van der Waals surface area contributed by atoms with E-state index in [0.29, 0.717) is 11.4 Å². The van der Waals surface area contributed by atoms with Crippen molar-refractivity contribution in [1.82, 2.24) is 5.32 Å². The van der Waals surface area contributed by atoms with Crippen molar-refractivity contribution in [3.05, 3.63) is 49.0 Å². The van der Waals surface area contributed by atoms with Gasteiger partial charge in [-0.2, -0.15) is 0 Å². The predicted octanol–water partition coefficient (Wildman–Crippen LogP) is 1.99. The van der Waals surface area contributed by atoms with Crippen LogP contribution in [0.15, 0.2) is 24.3 Å². The Morgan fingerprint density at radius 3 is 2.81 bits per heavy atom. The Morgan fingerprint density at radius 2 is 2.14 bits per heavy atom. The summed E-state index contributed by atoms with van der Waals surface area (Å²) in [5.41, 5.74) is 0. The van der Waals surface area contributed by atoms with Gasteiger partial charge in [-0.1, -0.05) is 23.2 Å². The lowest BCUT2D eigenvalue weighted by molar-refractivity contribution is -0.380. The Morgan fingerprint density at radius 1 is 1.33 bits per heavy atom. The minimum Gasteiger partial charge on any atom is -0.384 e. The van der Waals surface area contributed by atoms with Crippen LogP contribution in [-0.4, -0.2) is 22.5 Å². The summed E-state index contributed by atoms with van der Waals surface area (Å²) >= 11 is 2.26. The molecule has 8 heteroatoms. The molecular weight excluding hydrogens is 312 g/mol. The summed E-state index contributed by atoms with van der Waals surface area (Å²) in [5.74, 6) is 4.99.